The molecule has 0 amide bonds. The Morgan fingerprint density at radius 2 is 0.915 bits per heavy atom. The van der Waals surface area contributed by atoms with Gasteiger partial charge in [-0.15, -0.1) is 0 Å². The normalized spacial score (nSPS) is 14.7. The minimum absolute atomic E-state index is 0. The maximum Gasteiger partial charge on any atom is 1.00 e. The molecule has 1 unspecified atom stereocenters. The third-order valence-corrected chi connectivity index (χ3v) is 13.0. The summed E-state index contributed by atoms with van der Waals surface area (Å²) < 4.78 is 32.9. The molecule has 1 atom stereocenters. The maximum atomic E-state index is 11.8. The van der Waals surface area contributed by atoms with Gasteiger partial charge in [0.05, 0.1) is 5.25 Å². The van der Waals surface area contributed by atoms with Crippen LogP contribution in [0, 0.1) is 0 Å². The van der Waals surface area contributed by atoms with E-state index in [1.165, 1.54) is 53.4 Å². The first-order valence-electron chi connectivity index (χ1n) is 21.8. The summed E-state index contributed by atoms with van der Waals surface area (Å²) in [5, 5.41) is 12.7. The van der Waals surface area contributed by atoms with Crippen molar-refractivity contribution in [2.75, 3.05) is 0 Å². The Morgan fingerprint density at radius 1 is 0.437 bits per heavy atom. The van der Waals surface area contributed by atoms with Crippen molar-refractivity contribution in [3.63, 3.8) is 0 Å². The maximum absolute atomic E-state index is 11.8. The van der Waals surface area contributed by atoms with Crippen LogP contribution in [0.1, 0.15) is 80.2 Å². The van der Waals surface area contributed by atoms with Gasteiger partial charge >= 0.3 is 51.4 Å². The predicted octanol–water partition coefficient (Wildman–Crippen LogP) is 7.31. The molecule has 12 rings (SSSR count). The second kappa shape index (κ2) is 22.7. The van der Waals surface area contributed by atoms with Crippen LogP contribution in [0.3, 0.4) is 0 Å². The summed E-state index contributed by atoms with van der Waals surface area (Å²) in [6.07, 6.45) is 5.58. The number of hydrogen-bond donors (Lipinski definition) is 1. The van der Waals surface area contributed by atoms with Crippen molar-refractivity contribution in [3.8, 4) is 16.9 Å². The number of Topliss-reactive ketones (excluding diaryl/α,β-unsaturated/α-hetero) is 4. The van der Waals surface area contributed by atoms with E-state index in [1.807, 2.05) is 103 Å². The molecule has 8 aromatic carbocycles. The average molecular weight is 983 g/mol. The number of allylic oxidation sites excluding steroid dienone is 3. The zero-order chi connectivity index (χ0) is 49.5. The first-order chi connectivity index (χ1) is 33.7. The number of hydrogen-bond acceptors (Lipinski definition) is 11. The summed E-state index contributed by atoms with van der Waals surface area (Å²) in [6.45, 7) is 0. The van der Waals surface area contributed by atoms with Crippen LogP contribution in [0.25, 0.3) is 38.7 Å². The number of rotatable bonds is 1. The molecular weight excluding hydrogens is 944 g/mol. The largest absolute Gasteiger partial charge is 1.00 e. The minimum Gasteiger partial charge on any atom is -0.747 e. The van der Waals surface area contributed by atoms with Gasteiger partial charge in [0.1, 0.15) is 15.9 Å². The molecule has 0 saturated heterocycles. The first kappa shape index (κ1) is 51.6. The Bertz CT molecular complexity index is 3600. The van der Waals surface area contributed by atoms with Gasteiger partial charge in [-0.2, -0.15) is 0 Å². The molecule has 4 aliphatic rings. The van der Waals surface area contributed by atoms with Crippen molar-refractivity contribution in [3.05, 3.63) is 239 Å². The summed E-state index contributed by atoms with van der Waals surface area (Å²) in [7, 11) is -4.62. The summed E-state index contributed by atoms with van der Waals surface area (Å²) in [6, 6.07) is 53.5. The molecule has 0 fully saturated rings. The number of aromatic hydroxyl groups is 1. The van der Waals surface area contributed by atoms with Gasteiger partial charge in [0, 0.05) is 46.0 Å². The van der Waals surface area contributed by atoms with Gasteiger partial charge in [0.15, 0.2) is 17.3 Å². The number of ketones is 7. The Morgan fingerprint density at radius 3 is 1.56 bits per heavy atom. The third-order valence-electron chi connectivity index (χ3n) is 11.8. The van der Waals surface area contributed by atoms with Crippen molar-refractivity contribution < 1.29 is 103 Å². The molecule has 1 N–H and O–H groups in total. The zero-order valence-corrected chi connectivity index (χ0v) is 41.9. The van der Waals surface area contributed by atoms with E-state index in [1.54, 1.807) is 42.5 Å². The molecule has 4 aliphatic carbocycles. The van der Waals surface area contributed by atoms with Gasteiger partial charge in [-0.3, -0.25) is 33.6 Å². The molecular formula is C58H39KO11S. The Kier molecular flexibility index (Phi) is 16.5. The molecule has 0 heterocycles. The SMILES string of the molecule is O=C1C=CC(=O)c2ccccc21.O=C1C=Cc2ccccc2C1=O.O=C1CC(S(=O)(=O)[O-])c2ccccc2C1=O.O=C1Cc2ccccc2-c2ccccc21.Oc1cc2ccccc2c2ccccc12.[K+]. The van der Waals surface area contributed by atoms with E-state index in [4.69, 9.17) is 0 Å². The number of phenolic OH excluding ortho intramolecular Hbond substituents is 1. The Balaban J connectivity index is 0.000000131. The summed E-state index contributed by atoms with van der Waals surface area (Å²) in [5.74, 6) is -2.01. The number of carbonyl (C=O) groups is 7. The van der Waals surface area contributed by atoms with Crippen molar-refractivity contribution >= 4 is 78.2 Å². The van der Waals surface area contributed by atoms with Gasteiger partial charge in [-0.1, -0.05) is 176 Å². The quantitative estimate of drug-likeness (QED) is 0.0750. The van der Waals surface area contributed by atoms with Gasteiger partial charge in [0.2, 0.25) is 23.1 Å². The predicted molar refractivity (Wildman–Crippen MR) is 265 cm³/mol. The van der Waals surface area contributed by atoms with Crippen LogP contribution >= 0.6 is 0 Å². The van der Waals surface area contributed by atoms with E-state index in [9.17, 15) is 51.6 Å². The van der Waals surface area contributed by atoms with Crippen LogP contribution in [-0.2, 0) is 26.1 Å². The average Bonchev–Trinajstić information content (AvgIpc) is 3.38. The van der Waals surface area contributed by atoms with Crippen LogP contribution in [0.5, 0.6) is 5.75 Å². The topological polar surface area (TPSA) is 197 Å². The van der Waals surface area contributed by atoms with Crippen molar-refractivity contribution in [1.29, 1.82) is 0 Å². The molecule has 344 valence electrons. The number of phenols is 1. The smallest absolute Gasteiger partial charge is 0.747 e. The summed E-state index contributed by atoms with van der Waals surface area (Å²) >= 11 is 0. The second-order valence-corrected chi connectivity index (χ2v) is 17.8. The van der Waals surface area contributed by atoms with Crippen molar-refractivity contribution in [1.82, 2.24) is 0 Å². The van der Waals surface area contributed by atoms with Gasteiger partial charge in [-0.05, 0) is 68.3 Å². The van der Waals surface area contributed by atoms with Gasteiger partial charge < -0.3 is 9.66 Å². The molecule has 8 aromatic rings. The van der Waals surface area contributed by atoms with E-state index in [2.05, 4.69) is 12.1 Å². The monoisotopic (exact) mass is 982 g/mol. The molecule has 0 bridgehead atoms. The van der Waals surface area contributed by atoms with E-state index in [-0.39, 0.29) is 79.9 Å². The van der Waals surface area contributed by atoms with Crippen LogP contribution < -0.4 is 51.4 Å². The third kappa shape index (κ3) is 11.5. The number of carbonyl (C=O) groups excluding carboxylic acids is 7. The fraction of sp³-hybridized carbons (Fsp3) is 0.0517. The molecule has 0 radical (unpaired) electrons. The van der Waals surface area contributed by atoms with Crippen molar-refractivity contribution in [2.24, 2.45) is 0 Å². The van der Waals surface area contributed by atoms with Gasteiger partial charge in [-0.25, -0.2) is 8.42 Å². The number of benzene rings is 8. The van der Waals surface area contributed by atoms with Crippen LogP contribution in [0.4, 0.5) is 0 Å². The van der Waals surface area contributed by atoms with E-state index >= 15 is 0 Å². The summed E-state index contributed by atoms with van der Waals surface area (Å²) in [5.41, 5.74) is 6.75. The van der Waals surface area contributed by atoms with Gasteiger partial charge in [0.25, 0.3) is 0 Å². The molecule has 0 saturated carbocycles. The molecule has 0 aliphatic heterocycles. The molecule has 71 heavy (non-hydrogen) atoms. The van der Waals surface area contributed by atoms with E-state index in [0.717, 1.165) is 38.4 Å². The van der Waals surface area contributed by atoms with E-state index < -0.39 is 44.9 Å². The second-order valence-electron chi connectivity index (χ2n) is 16.2. The number of fused-ring (bicyclic) bond motifs is 9. The molecule has 0 spiro atoms. The standard InChI is InChI=1S/2C14H10O.C10H8O5S.2C10H6O2.K/c2*15-14-9-10-5-1-2-6-11(10)12-7-3-4-8-13(12)14;11-8-5-9(16(13,14)15)6-3-1-2-4-7(6)10(8)12;11-9-5-6-10(12)8-4-2-1-3-7(8)9;11-9-6-5-7-3-1-2-4-8(7)10(9)12;/h1-8H,9H2;1-9,15H;1-4,9H,5H2,(H,13,14,15);2*1-6H;/q;;;;;+1/p-1. The fourth-order valence-electron chi connectivity index (χ4n) is 8.43. The molecule has 13 heteroatoms. The molecule has 11 nitrogen and oxygen atoms in total. The van der Waals surface area contributed by atoms with E-state index in [0.29, 0.717) is 28.9 Å². The minimum atomic E-state index is -4.62. The summed E-state index contributed by atoms with van der Waals surface area (Å²) in [4.78, 5) is 79.1. The Labute approximate surface area is 450 Å². The van der Waals surface area contributed by atoms with Crippen LogP contribution in [-0.4, -0.2) is 58.6 Å². The molecule has 0 aromatic heterocycles. The van der Waals surface area contributed by atoms with Crippen molar-refractivity contribution in [2.45, 2.75) is 18.1 Å². The van der Waals surface area contributed by atoms with Crippen LogP contribution in [0.15, 0.2) is 194 Å². The fourth-order valence-corrected chi connectivity index (χ4v) is 9.30. The first-order valence-corrected chi connectivity index (χ1v) is 23.3. The Hall–Kier alpha value is -7.20. The zero-order valence-electron chi connectivity index (χ0n) is 38.0. The van der Waals surface area contributed by atoms with Crippen LogP contribution in [0.2, 0.25) is 0 Å².